The SMILES string of the molecule is COC(=O)C(C)C1CCCCNC1. The van der Waals surface area contributed by atoms with E-state index in [0.29, 0.717) is 5.92 Å². The lowest BCUT2D eigenvalue weighted by molar-refractivity contribution is -0.146. The third-order valence-corrected chi connectivity index (χ3v) is 2.87. The Morgan fingerprint density at radius 3 is 3.00 bits per heavy atom. The molecular formula is C10H19NO2. The minimum atomic E-state index is -0.0753. The lowest BCUT2D eigenvalue weighted by Crippen LogP contribution is -2.30. The Kier molecular flexibility index (Phi) is 4.22. The van der Waals surface area contributed by atoms with Crippen molar-refractivity contribution in [1.29, 1.82) is 0 Å². The van der Waals surface area contributed by atoms with E-state index in [9.17, 15) is 4.79 Å². The van der Waals surface area contributed by atoms with E-state index in [4.69, 9.17) is 4.74 Å². The fourth-order valence-corrected chi connectivity index (χ4v) is 1.85. The number of hydrogen-bond donors (Lipinski definition) is 1. The Morgan fingerprint density at radius 2 is 2.31 bits per heavy atom. The molecule has 2 unspecified atom stereocenters. The first-order valence-corrected chi connectivity index (χ1v) is 5.04. The van der Waals surface area contributed by atoms with E-state index >= 15 is 0 Å². The van der Waals surface area contributed by atoms with Crippen molar-refractivity contribution < 1.29 is 9.53 Å². The number of nitrogens with one attached hydrogen (secondary N) is 1. The van der Waals surface area contributed by atoms with Crippen molar-refractivity contribution in [3.05, 3.63) is 0 Å². The molecular weight excluding hydrogens is 166 g/mol. The van der Waals surface area contributed by atoms with Crippen LogP contribution in [0.1, 0.15) is 26.2 Å². The molecule has 0 aromatic heterocycles. The van der Waals surface area contributed by atoms with Crippen LogP contribution in [0.25, 0.3) is 0 Å². The van der Waals surface area contributed by atoms with Gasteiger partial charge in [0.15, 0.2) is 0 Å². The average molecular weight is 185 g/mol. The van der Waals surface area contributed by atoms with E-state index in [0.717, 1.165) is 19.5 Å². The summed E-state index contributed by atoms with van der Waals surface area (Å²) in [6.07, 6.45) is 3.59. The first-order chi connectivity index (χ1) is 6.25. The minimum absolute atomic E-state index is 0.0376. The van der Waals surface area contributed by atoms with Crippen molar-refractivity contribution in [2.45, 2.75) is 26.2 Å². The van der Waals surface area contributed by atoms with Gasteiger partial charge in [-0.25, -0.2) is 0 Å². The number of carbonyl (C=O) groups is 1. The van der Waals surface area contributed by atoms with Gasteiger partial charge in [-0.05, 0) is 31.8 Å². The molecule has 0 bridgehead atoms. The van der Waals surface area contributed by atoms with Gasteiger partial charge in [-0.2, -0.15) is 0 Å². The number of esters is 1. The van der Waals surface area contributed by atoms with Gasteiger partial charge in [0.25, 0.3) is 0 Å². The van der Waals surface area contributed by atoms with Crippen molar-refractivity contribution >= 4 is 5.97 Å². The van der Waals surface area contributed by atoms with E-state index in [-0.39, 0.29) is 11.9 Å². The summed E-state index contributed by atoms with van der Waals surface area (Å²) in [5.41, 5.74) is 0. The molecule has 0 radical (unpaired) electrons. The molecule has 1 fully saturated rings. The third-order valence-electron chi connectivity index (χ3n) is 2.87. The topological polar surface area (TPSA) is 38.3 Å². The van der Waals surface area contributed by atoms with Crippen molar-refractivity contribution in [3.8, 4) is 0 Å². The van der Waals surface area contributed by atoms with Crippen LogP contribution in [0, 0.1) is 11.8 Å². The summed E-state index contributed by atoms with van der Waals surface area (Å²) >= 11 is 0. The van der Waals surface area contributed by atoms with Gasteiger partial charge in [0, 0.05) is 0 Å². The quantitative estimate of drug-likeness (QED) is 0.657. The van der Waals surface area contributed by atoms with E-state index in [1.165, 1.54) is 20.0 Å². The molecule has 1 aliphatic rings. The van der Waals surface area contributed by atoms with E-state index in [1.54, 1.807) is 0 Å². The predicted molar refractivity (Wildman–Crippen MR) is 51.4 cm³/mol. The maximum Gasteiger partial charge on any atom is 0.308 e. The number of hydrogen-bond acceptors (Lipinski definition) is 3. The zero-order valence-corrected chi connectivity index (χ0v) is 8.51. The number of ether oxygens (including phenoxy) is 1. The molecule has 0 spiro atoms. The largest absolute Gasteiger partial charge is 0.469 e. The standard InChI is InChI=1S/C10H19NO2/c1-8(10(12)13-2)9-5-3-4-6-11-7-9/h8-9,11H,3-7H2,1-2H3. The summed E-state index contributed by atoms with van der Waals surface area (Å²) < 4.78 is 4.74. The van der Waals surface area contributed by atoms with Crippen LogP contribution in [0.15, 0.2) is 0 Å². The van der Waals surface area contributed by atoms with Gasteiger partial charge < -0.3 is 10.1 Å². The molecule has 3 heteroatoms. The predicted octanol–water partition coefficient (Wildman–Crippen LogP) is 1.19. The summed E-state index contributed by atoms with van der Waals surface area (Å²) in [5.74, 6) is 0.416. The molecule has 1 heterocycles. The number of carbonyl (C=O) groups excluding carboxylic acids is 1. The molecule has 1 aliphatic heterocycles. The minimum Gasteiger partial charge on any atom is -0.469 e. The van der Waals surface area contributed by atoms with Crippen LogP contribution in [0.4, 0.5) is 0 Å². The molecule has 0 saturated carbocycles. The summed E-state index contributed by atoms with van der Waals surface area (Å²) in [5, 5.41) is 3.35. The van der Waals surface area contributed by atoms with Gasteiger partial charge in [0.2, 0.25) is 0 Å². The van der Waals surface area contributed by atoms with E-state index < -0.39 is 0 Å². The Balaban J connectivity index is 2.43. The van der Waals surface area contributed by atoms with Crippen LogP contribution < -0.4 is 5.32 Å². The lowest BCUT2D eigenvalue weighted by Gasteiger charge is -2.19. The van der Waals surface area contributed by atoms with Gasteiger partial charge >= 0.3 is 5.97 Å². The summed E-state index contributed by atoms with van der Waals surface area (Å²) in [6.45, 7) is 4.00. The van der Waals surface area contributed by atoms with E-state index in [1.807, 2.05) is 6.92 Å². The zero-order valence-electron chi connectivity index (χ0n) is 8.51. The van der Waals surface area contributed by atoms with Crippen molar-refractivity contribution in [3.63, 3.8) is 0 Å². The number of methoxy groups -OCH3 is 1. The Labute approximate surface area is 79.8 Å². The molecule has 1 saturated heterocycles. The van der Waals surface area contributed by atoms with Crippen LogP contribution in [0.3, 0.4) is 0 Å². The highest BCUT2D eigenvalue weighted by Crippen LogP contribution is 2.20. The Bertz CT molecular complexity index is 162. The van der Waals surface area contributed by atoms with Gasteiger partial charge in [-0.3, -0.25) is 4.79 Å². The molecule has 0 amide bonds. The van der Waals surface area contributed by atoms with Crippen LogP contribution in [-0.2, 0) is 9.53 Å². The van der Waals surface area contributed by atoms with Crippen LogP contribution >= 0.6 is 0 Å². The van der Waals surface area contributed by atoms with Gasteiger partial charge in [0.1, 0.15) is 0 Å². The molecule has 2 atom stereocenters. The molecule has 13 heavy (non-hydrogen) atoms. The fraction of sp³-hybridized carbons (Fsp3) is 0.900. The van der Waals surface area contributed by atoms with Crippen molar-refractivity contribution in [1.82, 2.24) is 5.32 Å². The molecule has 1 N–H and O–H groups in total. The normalized spacial score (nSPS) is 26.2. The summed E-state index contributed by atoms with van der Waals surface area (Å²) in [6, 6.07) is 0. The van der Waals surface area contributed by atoms with Crippen molar-refractivity contribution in [2.24, 2.45) is 11.8 Å². The monoisotopic (exact) mass is 185 g/mol. The number of rotatable bonds is 2. The maximum absolute atomic E-state index is 11.3. The summed E-state index contributed by atoms with van der Waals surface area (Å²) in [4.78, 5) is 11.3. The second kappa shape index (κ2) is 5.22. The van der Waals surface area contributed by atoms with Gasteiger partial charge in [-0.15, -0.1) is 0 Å². The molecule has 1 rings (SSSR count). The molecule has 0 aromatic carbocycles. The Morgan fingerprint density at radius 1 is 1.54 bits per heavy atom. The first-order valence-electron chi connectivity index (χ1n) is 5.04. The highest BCUT2D eigenvalue weighted by Gasteiger charge is 2.24. The van der Waals surface area contributed by atoms with Crippen molar-refractivity contribution in [2.75, 3.05) is 20.2 Å². The van der Waals surface area contributed by atoms with Gasteiger partial charge in [0.05, 0.1) is 13.0 Å². The average Bonchev–Trinajstić information content (AvgIpc) is 2.43. The Hall–Kier alpha value is -0.570. The molecule has 76 valence electrons. The molecule has 0 aliphatic carbocycles. The zero-order chi connectivity index (χ0) is 9.68. The van der Waals surface area contributed by atoms with Crippen LogP contribution in [0.2, 0.25) is 0 Å². The van der Waals surface area contributed by atoms with Gasteiger partial charge in [-0.1, -0.05) is 13.3 Å². The second-order valence-corrected chi connectivity index (χ2v) is 3.77. The molecule has 0 aromatic rings. The lowest BCUT2D eigenvalue weighted by atomic mass is 9.90. The highest BCUT2D eigenvalue weighted by molar-refractivity contribution is 5.72. The maximum atomic E-state index is 11.3. The van der Waals surface area contributed by atoms with Crippen LogP contribution in [0.5, 0.6) is 0 Å². The van der Waals surface area contributed by atoms with E-state index in [2.05, 4.69) is 5.32 Å². The summed E-state index contributed by atoms with van der Waals surface area (Å²) in [7, 11) is 1.46. The third kappa shape index (κ3) is 2.99. The second-order valence-electron chi connectivity index (χ2n) is 3.77. The highest BCUT2D eigenvalue weighted by atomic mass is 16.5. The molecule has 3 nitrogen and oxygen atoms in total. The first kappa shape index (κ1) is 10.5. The fourth-order valence-electron chi connectivity index (χ4n) is 1.85. The van der Waals surface area contributed by atoms with Crippen LogP contribution in [-0.4, -0.2) is 26.2 Å². The smallest absolute Gasteiger partial charge is 0.308 e.